The van der Waals surface area contributed by atoms with Gasteiger partial charge in [0.2, 0.25) is 0 Å². The molecule has 3 amide bonds. The summed E-state index contributed by atoms with van der Waals surface area (Å²) in [6.07, 6.45) is 8.12. The lowest BCUT2D eigenvalue weighted by atomic mass is 9.98. The van der Waals surface area contributed by atoms with Crippen LogP contribution in [0.2, 0.25) is 0 Å². The molecule has 1 N–H and O–H groups in total. The van der Waals surface area contributed by atoms with Gasteiger partial charge in [-0.05, 0) is 41.7 Å². The van der Waals surface area contributed by atoms with E-state index in [2.05, 4.69) is 21.8 Å². The highest BCUT2D eigenvalue weighted by molar-refractivity contribution is 6.13. The number of ether oxygens (including phenoxy) is 1. The van der Waals surface area contributed by atoms with Crippen molar-refractivity contribution in [1.29, 1.82) is 0 Å². The Labute approximate surface area is 223 Å². The minimum Gasteiger partial charge on any atom is -0.465 e. The van der Waals surface area contributed by atoms with E-state index in [1.54, 1.807) is 18.3 Å². The van der Waals surface area contributed by atoms with Crippen LogP contribution >= 0.6 is 0 Å². The van der Waals surface area contributed by atoms with Crippen molar-refractivity contribution in [3.63, 3.8) is 0 Å². The first-order chi connectivity index (χ1) is 18.5. The summed E-state index contributed by atoms with van der Waals surface area (Å²) in [6.45, 7) is 5.24. The summed E-state index contributed by atoms with van der Waals surface area (Å²) in [6, 6.07) is 15.0. The summed E-state index contributed by atoms with van der Waals surface area (Å²) in [5, 5.41) is 2.41. The number of carbonyl (C=O) groups is 3. The summed E-state index contributed by atoms with van der Waals surface area (Å²) in [5.41, 5.74) is 4.42. The van der Waals surface area contributed by atoms with Crippen LogP contribution in [0.5, 0.6) is 0 Å². The van der Waals surface area contributed by atoms with Crippen LogP contribution in [0.3, 0.4) is 0 Å². The second-order valence-corrected chi connectivity index (χ2v) is 9.32. The van der Waals surface area contributed by atoms with Gasteiger partial charge in [-0.1, -0.05) is 69.2 Å². The van der Waals surface area contributed by atoms with Gasteiger partial charge in [-0.3, -0.25) is 15.0 Å². The minimum absolute atomic E-state index is 0.349. The van der Waals surface area contributed by atoms with Crippen LogP contribution in [0.4, 0.5) is 4.79 Å². The van der Waals surface area contributed by atoms with E-state index >= 15 is 0 Å². The fourth-order valence-corrected chi connectivity index (χ4v) is 4.54. The number of aromatic nitrogens is 2. The number of imide groups is 1. The first-order valence-corrected chi connectivity index (χ1v) is 13.1. The number of rotatable bonds is 11. The Morgan fingerprint density at radius 2 is 1.76 bits per heavy atom. The van der Waals surface area contributed by atoms with E-state index in [1.165, 1.54) is 12.0 Å². The number of imidazole rings is 1. The first kappa shape index (κ1) is 26.9. The maximum Gasteiger partial charge on any atom is 0.338 e. The topological polar surface area (TPSA) is 93.5 Å². The van der Waals surface area contributed by atoms with Crippen LogP contribution in [0.15, 0.2) is 60.4 Å². The lowest BCUT2D eigenvalue weighted by Crippen LogP contribution is -2.28. The molecule has 0 radical (unpaired) electrons. The van der Waals surface area contributed by atoms with Crippen LogP contribution in [0.1, 0.15) is 67.0 Å². The zero-order chi connectivity index (χ0) is 27.1. The Bertz CT molecular complexity index is 1340. The zero-order valence-corrected chi connectivity index (χ0v) is 22.2. The summed E-state index contributed by atoms with van der Waals surface area (Å²) in [4.78, 5) is 43.3. The van der Waals surface area contributed by atoms with Gasteiger partial charge in [-0.2, -0.15) is 0 Å². The molecule has 4 rings (SSSR count). The van der Waals surface area contributed by atoms with Crippen molar-refractivity contribution in [1.82, 2.24) is 19.8 Å². The summed E-state index contributed by atoms with van der Waals surface area (Å²) in [5.74, 6) is 0.176. The maximum atomic E-state index is 12.6. The number of methoxy groups -OCH3 is 1. The molecule has 8 nitrogen and oxygen atoms in total. The van der Waals surface area contributed by atoms with Crippen LogP contribution < -0.4 is 5.32 Å². The number of nitrogens with one attached hydrogen (secondary N) is 1. The molecule has 1 fully saturated rings. The Morgan fingerprint density at radius 1 is 1.03 bits per heavy atom. The van der Waals surface area contributed by atoms with Gasteiger partial charge in [-0.15, -0.1) is 0 Å². The quantitative estimate of drug-likeness (QED) is 0.210. The molecule has 1 aliphatic rings. The predicted octanol–water partition coefficient (Wildman–Crippen LogP) is 5.42. The second kappa shape index (κ2) is 12.4. The van der Waals surface area contributed by atoms with Gasteiger partial charge < -0.3 is 9.30 Å². The summed E-state index contributed by atoms with van der Waals surface area (Å²) < 4.78 is 7.05. The first-order valence-electron chi connectivity index (χ1n) is 13.1. The summed E-state index contributed by atoms with van der Waals surface area (Å²) >= 11 is 0. The highest BCUT2D eigenvalue weighted by atomic mass is 16.5. The molecule has 0 aliphatic carbocycles. The van der Waals surface area contributed by atoms with Crippen molar-refractivity contribution in [3.05, 3.63) is 83.1 Å². The monoisotopic (exact) mass is 514 g/mol. The lowest BCUT2D eigenvalue weighted by Gasteiger charge is -2.16. The molecule has 0 unspecified atom stereocenters. The average Bonchev–Trinajstić information content (AvgIpc) is 3.44. The molecule has 0 atom stereocenters. The smallest absolute Gasteiger partial charge is 0.338 e. The van der Waals surface area contributed by atoms with Gasteiger partial charge in [0.15, 0.2) is 0 Å². The molecular formula is C30H34N4O4. The number of benzene rings is 2. The van der Waals surface area contributed by atoms with Gasteiger partial charge >= 0.3 is 12.0 Å². The standard InChI is InChI=1S/C30H34N4O4/c1-4-6-12-27-31-19-23(18-26-28(35)32-30(37)33(26)17-7-5-2)34(27)20-21-13-15-22(16-14-21)24-10-8-9-11-25(24)29(36)38-3/h8-11,13-16,18-19H,4-7,12,17,20H2,1-3H3,(H,32,35,37)/b26-18-. The molecule has 1 aromatic heterocycles. The number of carbonyl (C=O) groups excluding carboxylic acids is 3. The van der Waals surface area contributed by atoms with Crippen molar-refractivity contribution >= 4 is 24.0 Å². The third kappa shape index (κ3) is 5.85. The number of urea groups is 1. The molecule has 2 aromatic carbocycles. The lowest BCUT2D eigenvalue weighted by molar-refractivity contribution is -0.116. The third-order valence-corrected chi connectivity index (χ3v) is 6.67. The highest BCUT2D eigenvalue weighted by Crippen LogP contribution is 2.26. The van der Waals surface area contributed by atoms with Crippen LogP contribution in [-0.2, 0) is 22.5 Å². The molecule has 2 heterocycles. The molecule has 0 saturated carbocycles. The van der Waals surface area contributed by atoms with Crippen molar-refractivity contribution in [3.8, 4) is 11.1 Å². The Kier molecular flexibility index (Phi) is 8.73. The third-order valence-electron chi connectivity index (χ3n) is 6.67. The molecule has 1 aliphatic heterocycles. The number of nitrogens with zero attached hydrogens (tertiary/aromatic N) is 3. The van der Waals surface area contributed by atoms with Gasteiger partial charge in [0.25, 0.3) is 5.91 Å². The average molecular weight is 515 g/mol. The molecule has 0 bridgehead atoms. The van der Waals surface area contributed by atoms with Crippen LogP contribution in [0.25, 0.3) is 17.2 Å². The largest absolute Gasteiger partial charge is 0.465 e. The van der Waals surface area contributed by atoms with E-state index < -0.39 is 0 Å². The molecule has 0 spiro atoms. The minimum atomic E-state index is -0.386. The zero-order valence-electron chi connectivity index (χ0n) is 22.2. The molecule has 3 aromatic rings. The normalized spacial score (nSPS) is 14.3. The number of aryl methyl sites for hydroxylation is 1. The predicted molar refractivity (Wildman–Crippen MR) is 146 cm³/mol. The van der Waals surface area contributed by atoms with Gasteiger partial charge in [0.1, 0.15) is 11.5 Å². The summed E-state index contributed by atoms with van der Waals surface area (Å²) in [7, 11) is 1.38. The van der Waals surface area contributed by atoms with E-state index in [9.17, 15) is 14.4 Å². The fraction of sp³-hybridized carbons (Fsp3) is 0.333. The van der Waals surface area contributed by atoms with Crippen molar-refractivity contribution in [2.45, 2.75) is 52.5 Å². The number of unbranched alkanes of at least 4 members (excludes halogenated alkanes) is 2. The van der Waals surface area contributed by atoms with Gasteiger partial charge in [-0.25, -0.2) is 14.6 Å². The number of esters is 1. The highest BCUT2D eigenvalue weighted by Gasteiger charge is 2.32. The van der Waals surface area contributed by atoms with Gasteiger partial charge in [0.05, 0.1) is 24.6 Å². The van der Waals surface area contributed by atoms with E-state index in [-0.39, 0.29) is 17.9 Å². The van der Waals surface area contributed by atoms with Gasteiger partial charge in [0, 0.05) is 19.5 Å². The molecule has 198 valence electrons. The molecular weight excluding hydrogens is 480 g/mol. The Balaban J connectivity index is 1.65. The molecule has 8 heteroatoms. The Morgan fingerprint density at radius 3 is 2.47 bits per heavy atom. The SMILES string of the molecule is CCCCc1ncc(/C=C2/C(=O)NC(=O)N2CCCC)n1Cc1ccc(-c2ccccc2C(=O)OC)cc1. The van der Waals surface area contributed by atoms with Crippen molar-refractivity contribution in [2.24, 2.45) is 0 Å². The number of hydrogen-bond donors (Lipinski definition) is 1. The second-order valence-electron chi connectivity index (χ2n) is 9.32. The van der Waals surface area contributed by atoms with Crippen molar-refractivity contribution < 1.29 is 19.1 Å². The molecule has 1 saturated heterocycles. The molecule has 38 heavy (non-hydrogen) atoms. The fourth-order valence-electron chi connectivity index (χ4n) is 4.54. The Hall–Kier alpha value is -4.20. The van der Waals surface area contributed by atoms with E-state index in [0.717, 1.165) is 60.3 Å². The number of amides is 3. The van der Waals surface area contributed by atoms with Crippen LogP contribution in [-0.4, -0.2) is 46.0 Å². The van der Waals surface area contributed by atoms with E-state index in [0.29, 0.717) is 24.4 Å². The number of hydrogen-bond acceptors (Lipinski definition) is 5. The maximum absolute atomic E-state index is 12.6. The van der Waals surface area contributed by atoms with E-state index in [1.807, 2.05) is 49.4 Å². The van der Waals surface area contributed by atoms with Crippen molar-refractivity contribution in [2.75, 3.05) is 13.7 Å². The van der Waals surface area contributed by atoms with Crippen LogP contribution in [0, 0.1) is 0 Å². The van der Waals surface area contributed by atoms with E-state index in [4.69, 9.17) is 4.74 Å².